The van der Waals surface area contributed by atoms with Crippen molar-refractivity contribution in [2.45, 2.75) is 26.2 Å². The molecule has 10 heavy (non-hydrogen) atoms. The summed E-state index contributed by atoms with van der Waals surface area (Å²) in [6.07, 6.45) is 4.00. The fourth-order valence-corrected chi connectivity index (χ4v) is 0.510. The van der Waals surface area contributed by atoms with E-state index >= 15 is 0 Å². The van der Waals surface area contributed by atoms with E-state index in [1.807, 2.05) is 6.92 Å². The van der Waals surface area contributed by atoms with Gasteiger partial charge in [0.1, 0.15) is 0 Å². The van der Waals surface area contributed by atoms with Crippen molar-refractivity contribution in [3.8, 4) is 0 Å². The molecule has 0 saturated heterocycles. The Morgan fingerprint density at radius 2 is 2.20 bits per heavy atom. The van der Waals surface area contributed by atoms with E-state index in [1.54, 1.807) is 0 Å². The van der Waals surface area contributed by atoms with Crippen LogP contribution in [-0.4, -0.2) is 5.78 Å². The SMILES string of the molecule is CCCCC(=O)C=C[O-].[K+]. The molecule has 0 amide bonds. The molecule has 0 aliphatic carbocycles. The Labute approximate surface area is 104 Å². The predicted molar refractivity (Wildman–Crippen MR) is 33.7 cm³/mol. The van der Waals surface area contributed by atoms with Crippen molar-refractivity contribution in [2.24, 2.45) is 0 Å². The topological polar surface area (TPSA) is 40.1 Å². The molecule has 0 aliphatic rings. The van der Waals surface area contributed by atoms with Gasteiger partial charge in [0.25, 0.3) is 0 Å². The molecular weight excluding hydrogens is 155 g/mol. The molecular formula is C7H11KO2. The van der Waals surface area contributed by atoms with Crippen molar-refractivity contribution in [3.63, 3.8) is 0 Å². The van der Waals surface area contributed by atoms with Gasteiger partial charge in [-0.25, -0.2) is 0 Å². The van der Waals surface area contributed by atoms with Gasteiger partial charge in [-0.15, -0.1) is 6.26 Å². The fourth-order valence-electron chi connectivity index (χ4n) is 0.510. The summed E-state index contributed by atoms with van der Waals surface area (Å²) < 4.78 is 0. The molecule has 0 radical (unpaired) electrons. The second-order valence-corrected chi connectivity index (χ2v) is 1.87. The molecule has 0 unspecified atom stereocenters. The smallest absolute Gasteiger partial charge is 0.878 e. The van der Waals surface area contributed by atoms with Crippen LogP contribution >= 0.6 is 0 Å². The number of carbonyl (C=O) groups excluding carboxylic acids is 1. The van der Waals surface area contributed by atoms with Crippen LogP contribution in [0.15, 0.2) is 12.3 Å². The molecule has 3 heteroatoms. The Morgan fingerprint density at radius 1 is 1.60 bits per heavy atom. The van der Waals surface area contributed by atoms with E-state index < -0.39 is 0 Å². The first-order chi connectivity index (χ1) is 4.31. The first-order valence-electron chi connectivity index (χ1n) is 3.12. The van der Waals surface area contributed by atoms with Crippen LogP contribution in [-0.2, 0) is 4.79 Å². The minimum absolute atomic E-state index is 0. The van der Waals surface area contributed by atoms with Crippen LogP contribution in [0.4, 0.5) is 0 Å². The maximum absolute atomic E-state index is 10.5. The largest absolute Gasteiger partial charge is 1.00 e. The van der Waals surface area contributed by atoms with Crippen LogP contribution in [0.3, 0.4) is 0 Å². The van der Waals surface area contributed by atoms with E-state index in [9.17, 15) is 9.90 Å². The quantitative estimate of drug-likeness (QED) is 0.266. The van der Waals surface area contributed by atoms with E-state index in [0.29, 0.717) is 12.7 Å². The van der Waals surface area contributed by atoms with E-state index in [0.717, 1.165) is 18.9 Å². The number of allylic oxidation sites excluding steroid dienone is 1. The fraction of sp³-hybridized carbons (Fsp3) is 0.571. The first kappa shape index (κ1) is 13.4. The van der Waals surface area contributed by atoms with Crippen molar-refractivity contribution in [1.29, 1.82) is 0 Å². The minimum atomic E-state index is -0.0631. The average molecular weight is 166 g/mol. The van der Waals surface area contributed by atoms with Crippen LogP contribution in [0, 0.1) is 0 Å². The van der Waals surface area contributed by atoms with Crippen molar-refractivity contribution in [2.75, 3.05) is 0 Å². The van der Waals surface area contributed by atoms with Gasteiger partial charge in [-0.2, -0.15) is 0 Å². The standard InChI is InChI=1S/C7H12O2.K/c1-2-3-4-7(9)5-6-8;/h5-6,8H,2-4H2,1H3;/q;+1/p-1. The second-order valence-electron chi connectivity index (χ2n) is 1.87. The average Bonchev–Trinajstić information content (AvgIpc) is 1.85. The van der Waals surface area contributed by atoms with Crippen LogP contribution in [0.2, 0.25) is 0 Å². The Hall–Kier alpha value is 0.846. The normalized spacial score (nSPS) is 9.30. The van der Waals surface area contributed by atoms with E-state index in [1.165, 1.54) is 0 Å². The molecule has 0 saturated carbocycles. The number of hydrogen-bond donors (Lipinski definition) is 0. The van der Waals surface area contributed by atoms with Crippen LogP contribution in [0.5, 0.6) is 0 Å². The molecule has 52 valence electrons. The van der Waals surface area contributed by atoms with Gasteiger partial charge in [0.2, 0.25) is 0 Å². The van der Waals surface area contributed by atoms with Gasteiger partial charge in [0, 0.05) is 6.42 Å². The van der Waals surface area contributed by atoms with Crippen molar-refractivity contribution in [3.05, 3.63) is 12.3 Å². The Balaban J connectivity index is 0. The minimum Gasteiger partial charge on any atom is -0.878 e. The third kappa shape index (κ3) is 8.85. The monoisotopic (exact) mass is 166 g/mol. The maximum Gasteiger partial charge on any atom is 1.00 e. The summed E-state index contributed by atoms with van der Waals surface area (Å²) in [7, 11) is 0. The predicted octanol–water partition coefficient (Wildman–Crippen LogP) is -2.38. The third-order valence-electron chi connectivity index (χ3n) is 1.03. The molecule has 0 spiro atoms. The zero-order valence-corrected chi connectivity index (χ0v) is 9.72. The molecule has 0 N–H and O–H groups in total. The number of rotatable bonds is 4. The van der Waals surface area contributed by atoms with Gasteiger partial charge in [-0.05, 0) is 12.5 Å². The molecule has 0 atom stereocenters. The molecule has 0 rings (SSSR count). The van der Waals surface area contributed by atoms with Crippen LogP contribution < -0.4 is 56.5 Å². The summed E-state index contributed by atoms with van der Waals surface area (Å²) in [6.45, 7) is 2.01. The summed E-state index contributed by atoms with van der Waals surface area (Å²) in [5.41, 5.74) is 0. The van der Waals surface area contributed by atoms with Gasteiger partial charge in [0.15, 0.2) is 5.78 Å². The zero-order valence-electron chi connectivity index (χ0n) is 6.59. The van der Waals surface area contributed by atoms with Crippen molar-refractivity contribution < 1.29 is 61.3 Å². The number of carbonyl (C=O) groups is 1. The Kier molecular flexibility index (Phi) is 13.2. The number of ketones is 1. The van der Waals surface area contributed by atoms with Gasteiger partial charge in [0.05, 0.1) is 0 Å². The summed E-state index contributed by atoms with van der Waals surface area (Å²) in [4.78, 5) is 10.5. The summed E-state index contributed by atoms with van der Waals surface area (Å²) in [5.74, 6) is -0.0631. The van der Waals surface area contributed by atoms with Crippen molar-refractivity contribution >= 4 is 5.78 Å². The molecule has 0 aromatic rings. The van der Waals surface area contributed by atoms with Gasteiger partial charge in [-0.3, -0.25) is 4.79 Å². The summed E-state index contributed by atoms with van der Waals surface area (Å²) in [5, 5.41) is 9.70. The molecule has 0 aromatic carbocycles. The second kappa shape index (κ2) is 9.85. The Morgan fingerprint density at radius 3 is 2.60 bits per heavy atom. The molecule has 2 nitrogen and oxygen atoms in total. The van der Waals surface area contributed by atoms with Crippen molar-refractivity contribution in [1.82, 2.24) is 0 Å². The summed E-state index contributed by atoms with van der Waals surface area (Å²) >= 11 is 0. The number of unbranched alkanes of at least 4 members (excludes halogenated alkanes) is 1. The van der Waals surface area contributed by atoms with Gasteiger partial charge >= 0.3 is 51.4 Å². The first-order valence-corrected chi connectivity index (χ1v) is 3.12. The molecule has 0 aromatic heterocycles. The molecule has 0 bridgehead atoms. The molecule has 0 aliphatic heterocycles. The van der Waals surface area contributed by atoms with E-state index in [-0.39, 0.29) is 57.2 Å². The van der Waals surface area contributed by atoms with Crippen LogP contribution in [0.25, 0.3) is 0 Å². The maximum atomic E-state index is 10.5. The summed E-state index contributed by atoms with van der Waals surface area (Å²) in [6, 6.07) is 0. The Bertz CT molecular complexity index is 110. The third-order valence-corrected chi connectivity index (χ3v) is 1.03. The van der Waals surface area contributed by atoms with E-state index in [4.69, 9.17) is 0 Å². The van der Waals surface area contributed by atoms with E-state index in [2.05, 4.69) is 0 Å². The zero-order chi connectivity index (χ0) is 7.11. The van der Waals surface area contributed by atoms with Gasteiger partial charge in [-0.1, -0.05) is 13.3 Å². The van der Waals surface area contributed by atoms with Gasteiger partial charge < -0.3 is 5.11 Å². The molecule has 0 heterocycles. The van der Waals surface area contributed by atoms with Crippen LogP contribution in [0.1, 0.15) is 26.2 Å². The number of hydrogen-bond acceptors (Lipinski definition) is 2. The molecule has 0 fully saturated rings.